The highest BCUT2D eigenvalue weighted by atomic mass is 16.7. The number of allylic oxidation sites excluding steroid dienone is 3. The summed E-state index contributed by atoms with van der Waals surface area (Å²) >= 11 is 0. The molecule has 0 atom stereocenters. The highest BCUT2D eigenvalue weighted by Crippen LogP contribution is 2.25. The number of fused-ring (bicyclic) bond motifs is 1. The molecule has 1 aliphatic carbocycles. The van der Waals surface area contributed by atoms with Crippen molar-refractivity contribution in [3.05, 3.63) is 45.7 Å². The fourth-order valence-corrected chi connectivity index (χ4v) is 1.40. The first-order chi connectivity index (χ1) is 5.77. The Morgan fingerprint density at radius 1 is 1.58 bits per heavy atom. The van der Waals surface area contributed by atoms with Crippen LogP contribution in [0.2, 0.25) is 0 Å². The molecule has 0 amide bonds. The average Bonchev–Trinajstić information content (AvgIpc) is 2.46. The Labute approximate surface area is 69.6 Å². The van der Waals surface area contributed by atoms with Gasteiger partial charge in [0, 0.05) is 5.57 Å². The van der Waals surface area contributed by atoms with Crippen molar-refractivity contribution in [1.29, 1.82) is 0 Å². The lowest BCUT2D eigenvalue weighted by Crippen LogP contribution is -2.22. The molecule has 2 rings (SSSR count). The molecule has 0 radical (unpaired) electrons. The molecule has 0 spiro atoms. The van der Waals surface area contributed by atoms with Crippen LogP contribution in [0.4, 0.5) is 0 Å². The molecule has 1 heterocycles. The Bertz CT molecular complexity index is 315. The molecular formula is C8H8N2O2. The predicted octanol–water partition coefficient (Wildman–Crippen LogP) is 1.26. The summed E-state index contributed by atoms with van der Waals surface area (Å²) in [6.45, 7) is 0.409. The fraction of sp³-hybridized carbons (Fsp3) is 0.250. The molecule has 0 aromatic rings. The molecule has 0 N–H and O–H groups in total. The number of hydrogen-bond donors (Lipinski definition) is 0. The third-order valence-corrected chi connectivity index (χ3v) is 2.00. The Morgan fingerprint density at radius 3 is 3.08 bits per heavy atom. The quantitative estimate of drug-likeness (QED) is 0.433. The number of hydrogen-bond acceptors (Lipinski definition) is 2. The molecule has 0 aromatic carbocycles. The number of nitro groups is 1. The first-order valence-electron chi connectivity index (χ1n) is 3.76. The fourth-order valence-electron chi connectivity index (χ4n) is 1.40. The predicted molar refractivity (Wildman–Crippen MR) is 43.6 cm³/mol. The van der Waals surface area contributed by atoms with E-state index in [0.717, 1.165) is 22.6 Å². The van der Waals surface area contributed by atoms with Crippen molar-refractivity contribution in [3.63, 3.8) is 0 Å². The minimum absolute atomic E-state index is 0.389. The first kappa shape index (κ1) is 7.09. The van der Waals surface area contributed by atoms with Crippen molar-refractivity contribution in [2.45, 2.75) is 6.42 Å². The van der Waals surface area contributed by atoms with Crippen LogP contribution in [-0.2, 0) is 0 Å². The van der Waals surface area contributed by atoms with Gasteiger partial charge in [-0.15, -0.1) is 0 Å². The third-order valence-electron chi connectivity index (χ3n) is 2.00. The van der Waals surface area contributed by atoms with Crippen LogP contribution in [-0.4, -0.2) is 16.6 Å². The monoisotopic (exact) mass is 164 g/mol. The lowest BCUT2D eigenvalue weighted by molar-refractivity contribution is -0.636. The van der Waals surface area contributed by atoms with Crippen molar-refractivity contribution in [1.82, 2.24) is 5.01 Å². The SMILES string of the molecule is O=[N+]([O-])N1C=C2C=CCC=C2C1. The standard InChI is InChI=1S/C8H8N2O2/c11-10(12)9-5-7-3-1-2-4-8(7)6-9/h1,3-5H,2,6H2. The molecule has 4 nitrogen and oxygen atoms in total. The molecule has 62 valence electrons. The van der Waals surface area contributed by atoms with Crippen LogP contribution in [0, 0.1) is 10.1 Å². The molecule has 0 aromatic heterocycles. The second kappa shape index (κ2) is 2.48. The van der Waals surface area contributed by atoms with Gasteiger partial charge in [-0.25, -0.2) is 10.1 Å². The van der Waals surface area contributed by atoms with E-state index in [9.17, 15) is 10.1 Å². The van der Waals surface area contributed by atoms with Crippen molar-refractivity contribution in [3.8, 4) is 0 Å². The summed E-state index contributed by atoms with van der Waals surface area (Å²) in [6, 6.07) is 0. The van der Waals surface area contributed by atoms with Gasteiger partial charge in [-0.3, -0.25) is 0 Å². The Morgan fingerprint density at radius 2 is 2.42 bits per heavy atom. The second-order valence-corrected chi connectivity index (χ2v) is 2.79. The maximum Gasteiger partial charge on any atom is 0.164 e. The average molecular weight is 164 g/mol. The van der Waals surface area contributed by atoms with E-state index >= 15 is 0 Å². The minimum atomic E-state index is -0.389. The van der Waals surface area contributed by atoms with Gasteiger partial charge < -0.3 is 0 Å². The van der Waals surface area contributed by atoms with Crippen LogP contribution < -0.4 is 0 Å². The van der Waals surface area contributed by atoms with Crippen molar-refractivity contribution >= 4 is 0 Å². The van der Waals surface area contributed by atoms with Crippen molar-refractivity contribution in [2.24, 2.45) is 0 Å². The van der Waals surface area contributed by atoms with Gasteiger partial charge in [0.1, 0.15) is 6.54 Å². The molecule has 2 aliphatic rings. The van der Waals surface area contributed by atoms with Gasteiger partial charge in [0.25, 0.3) is 0 Å². The molecule has 1 aliphatic heterocycles. The smallest absolute Gasteiger partial charge is 0.164 e. The number of nitrogens with zero attached hydrogens (tertiary/aromatic N) is 2. The van der Waals surface area contributed by atoms with E-state index in [0.29, 0.717) is 6.54 Å². The highest BCUT2D eigenvalue weighted by molar-refractivity contribution is 5.46. The molecular weight excluding hydrogens is 156 g/mol. The van der Waals surface area contributed by atoms with Crippen LogP contribution in [0.3, 0.4) is 0 Å². The van der Waals surface area contributed by atoms with E-state index in [1.54, 1.807) is 6.20 Å². The molecule has 0 bridgehead atoms. The second-order valence-electron chi connectivity index (χ2n) is 2.79. The van der Waals surface area contributed by atoms with Crippen LogP contribution in [0.5, 0.6) is 0 Å². The molecule has 4 heteroatoms. The van der Waals surface area contributed by atoms with E-state index in [1.807, 2.05) is 18.2 Å². The van der Waals surface area contributed by atoms with Gasteiger partial charge in [0.05, 0.1) is 6.20 Å². The normalized spacial score (nSPS) is 20.2. The zero-order chi connectivity index (χ0) is 8.55. The summed E-state index contributed by atoms with van der Waals surface area (Å²) in [7, 11) is 0. The zero-order valence-electron chi connectivity index (χ0n) is 6.43. The molecule has 0 fully saturated rings. The summed E-state index contributed by atoms with van der Waals surface area (Å²) in [6.07, 6.45) is 8.41. The summed E-state index contributed by atoms with van der Waals surface area (Å²) in [5, 5.41) is 11.1. The topological polar surface area (TPSA) is 46.4 Å². The number of hydrazine groups is 1. The van der Waals surface area contributed by atoms with Gasteiger partial charge in [0.15, 0.2) is 5.03 Å². The Kier molecular flexibility index (Phi) is 1.46. The van der Waals surface area contributed by atoms with E-state index in [-0.39, 0.29) is 5.03 Å². The molecule has 0 saturated carbocycles. The zero-order valence-corrected chi connectivity index (χ0v) is 6.43. The summed E-state index contributed by atoms with van der Waals surface area (Å²) in [4.78, 5) is 10.4. The van der Waals surface area contributed by atoms with Gasteiger partial charge in [-0.05, 0) is 12.0 Å². The summed E-state index contributed by atoms with van der Waals surface area (Å²) in [5.74, 6) is 0. The van der Waals surface area contributed by atoms with Gasteiger partial charge in [-0.1, -0.05) is 23.2 Å². The molecule has 12 heavy (non-hydrogen) atoms. The number of rotatable bonds is 1. The van der Waals surface area contributed by atoms with Gasteiger partial charge in [0.2, 0.25) is 0 Å². The highest BCUT2D eigenvalue weighted by Gasteiger charge is 2.24. The maximum atomic E-state index is 10.4. The summed E-state index contributed by atoms with van der Waals surface area (Å²) < 4.78 is 0. The van der Waals surface area contributed by atoms with E-state index in [1.165, 1.54) is 0 Å². The Balaban J connectivity index is 2.27. The largest absolute Gasteiger partial charge is 0.234 e. The van der Waals surface area contributed by atoms with Crippen molar-refractivity contribution in [2.75, 3.05) is 6.54 Å². The van der Waals surface area contributed by atoms with Crippen molar-refractivity contribution < 1.29 is 5.03 Å². The first-order valence-corrected chi connectivity index (χ1v) is 3.76. The minimum Gasteiger partial charge on any atom is -0.234 e. The molecule has 0 unspecified atom stereocenters. The van der Waals surface area contributed by atoms with Crippen LogP contribution in [0.1, 0.15) is 6.42 Å². The van der Waals surface area contributed by atoms with Gasteiger partial charge in [-0.2, -0.15) is 0 Å². The third kappa shape index (κ3) is 1.01. The van der Waals surface area contributed by atoms with Crippen LogP contribution >= 0.6 is 0 Å². The lowest BCUT2D eigenvalue weighted by atomic mass is 10.0. The van der Waals surface area contributed by atoms with E-state index < -0.39 is 0 Å². The van der Waals surface area contributed by atoms with Gasteiger partial charge >= 0.3 is 0 Å². The Hall–Kier alpha value is -1.58. The maximum absolute atomic E-state index is 10.4. The lowest BCUT2D eigenvalue weighted by Gasteiger charge is -2.03. The van der Waals surface area contributed by atoms with Crippen LogP contribution in [0.25, 0.3) is 0 Å². The molecule has 0 saturated heterocycles. The van der Waals surface area contributed by atoms with E-state index in [4.69, 9.17) is 0 Å². The van der Waals surface area contributed by atoms with Crippen LogP contribution in [0.15, 0.2) is 35.6 Å². The van der Waals surface area contributed by atoms with E-state index in [2.05, 4.69) is 0 Å². The summed E-state index contributed by atoms with van der Waals surface area (Å²) in [5.41, 5.74) is 2.03.